The van der Waals surface area contributed by atoms with E-state index < -0.39 is 0 Å². The lowest BCUT2D eigenvalue weighted by atomic mass is 10.1. The summed E-state index contributed by atoms with van der Waals surface area (Å²) in [6.07, 6.45) is 2.84. The molecular formula is C22H34N4O3. The van der Waals surface area contributed by atoms with E-state index in [-0.39, 0.29) is 17.9 Å². The molecule has 160 valence electrons. The summed E-state index contributed by atoms with van der Waals surface area (Å²) in [4.78, 5) is 31.6. The zero-order valence-electron chi connectivity index (χ0n) is 17.5. The molecule has 2 heterocycles. The number of benzene rings is 1. The second-order valence-corrected chi connectivity index (χ2v) is 7.91. The third-order valence-corrected chi connectivity index (χ3v) is 5.78. The first kappa shape index (κ1) is 21.7. The van der Waals surface area contributed by atoms with Gasteiger partial charge in [0.2, 0.25) is 11.8 Å². The monoisotopic (exact) mass is 402 g/mol. The van der Waals surface area contributed by atoms with Gasteiger partial charge in [0.1, 0.15) is 0 Å². The summed E-state index contributed by atoms with van der Waals surface area (Å²) in [5.41, 5.74) is 1.26. The molecule has 2 amide bonds. The Morgan fingerprint density at radius 2 is 1.86 bits per heavy atom. The first-order valence-corrected chi connectivity index (χ1v) is 10.7. The van der Waals surface area contributed by atoms with Crippen LogP contribution in [0.3, 0.4) is 0 Å². The molecule has 2 aliphatic rings. The van der Waals surface area contributed by atoms with Crippen molar-refractivity contribution in [2.75, 3.05) is 59.5 Å². The van der Waals surface area contributed by atoms with E-state index in [0.29, 0.717) is 32.8 Å². The van der Waals surface area contributed by atoms with Gasteiger partial charge in [-0.05, 0) is 31.4 Å². The minimum atomic E-state index is -0.00848. The lowest BCUT2D eigenvalue weighted by Crippen LogP contribution is -2.54. The summed E-state index contributed by atoms with van der Waals surface area (Å²) in [7, 11) is 1.66. The summed E-state index contributed by atoms with van der Waals surface area (Å²) >= 11 is 0. The maximum atomic E-state index is 13.1. The van der Waals surface area contributed by atoms with Crippen molar-refractivity contribution in [1.29, 1.82) is 0 Å². The van der Waals surface area contributed by atoms with Crippen LogP contribution in [0.2, 0.25) is 0 Å². The highest BCUT2D eigenvalue weighted by atomic mass is 16.5. The maximum absolute atomic E-state index is 13.1. The highest BCUT2D eigenvalue weighted by Gasteiger charge is 2.34. The van der Waals surface area contributed by atoms with Gasteiger partial charge in [0.15, 0.2) is 0 Å². The Hall–Kier alpha value is -1.96. The SMILES string of the molecule is COCCCNC(=O)CN1CCN(C(=O)C2CCCN2Cc2ccccc2)CC1. The van der Waals surface area contributed by atoms with E-state index in [1.807, 2.05) is 11.0 Å². The molecule has 0 radical (unpaired) electrons. The molecule has 1 unspecified atom stereocenters. The summed E-state index contributed by atoms with van der Waals surface area (Å²) in [5, 5.41) is 2.92. The Morgan fingerprint density at radius 3 is 2.59 bits per heavy atom. The van der Waals surface area contributed by atoms with Gasteiger partial charge in [0.25, 0.3) is 0 Å². The molecule has 0 bridgehead atoms. The van der Waals surface area contributed by atoms with E-state index in [9.17, 15) is 9.59 Å². The Morgan fingerprint density at radius 1 is 1.10 bits per heavy atom. The number of nitrogens with one attached hydrogen (secondary N) is 1. The van der Waals surface area contributed by atoms with Crippen LogP contribution in [0.25, 0.3) is 0 Å². The third kappa shape index (κ3) is 6.52. The average Bonchev–Trinajstić information content (AvgIpc) is 3.20. The van der Waals surface area contributed by atoms with Crippen LogP contribution in [0.5, 0.6) is 0 Å². The van der Waals surface area contributed by atoms with Gasteiger partial charge in [-0.3, -0.25) is 19.4 Å². The molecule has 29 heavy (non-hydrogen) atoms. The van der Waals surface area contributed by atoms with Gasteiger partial charge in [-0.1, -0.05) is 30.3 Å². The first-order chi connectivity index (χ1) is 14.2. The predicted octanol–water partition coefficient (Wildman–Crippen LogP) is 0.948. The number of carbonyl (C=O) groups is 2. The summed E-state index contributed by atoms with van der Waals surface area (Å²) < 4.78 is 4.99. The standard InChI is InChI=1S/C22H34N4O3/c1-29-16-6-10-23-21(27)18-24-12-14-25(15-13-24)22(28)20-9-5-11-26(20)17-19-7-3-2-4-8-19/h2-4,7-8,20H,5-6,9-18H2,1H3,(H,23,27). The fraction of sp³-hybridized carbons (Fsp3) is 0.636. The number of hydrogen-bond acceptors (Lipinski definition) is 5. The summed E-state index contributed by atoms with van der Waals surface area (Å²) in [6, 6.07) is 10.4. The molecule has 0 spiro atoms. The summed E-state index contributed by atoms with van der Waals surface area (Å²) in [6.45, 7) is 6.42. The van der Waals surface area contributed by atoms with Crippen molar-refractivity contribution < 1.29 is 14.3 Å². The highest BCUT2D eigenvalue weighted by molar-refractivity contribution is 5.82. The van der Waals surface area contributed by atoms with E-state index in [4.69, 9.17) is 4.74 Å². The van der Waals surface area contributed by atoms with Gasteiger partial charge in [0.05, 0.1) is 12.6 Å². The average molecular weight is 403 g/mol. The molecule has 1 aromatic rings. The molecular weight excluding hydrogens is 368 g/mol. The Balaban J connectivity index is 1.41. The molecule has 1 N–H and O–H groups in total. The van der Waals surface area contributed by atoms with Gasteiger partial charge in [0, 0.05) is 53.0 Å². The van der Waals surface area contributed by atoms with Crippen molar-refractivity contribution in [2.24, 2.45) is 0 Å². The van der Waals surface area contributed by atoms with Crippen molar-refractivity contribution in [3.63, 3.8) is 0 Å². The van der Waals surface area contributed by atoms with Crippen LogP contribution in [-0.2, 0) is 20.9 Å². The molecule has 7 nitrogen and oxygen atoms in total. The van der Waals surface area contributed by atoms with Gasteiger partial charge in [-0.2, -0.15) is 0 Å². The van der Waals surface area contributed by atoms with Crippen LogP contribution in [0.4, 0.5) is 0 Å². The van der Waals surface area contributed by atoms with Gasteiger partial charge in [-0.15, -0.1) is 0 Å². The van der Waals surface area contributed by atoms with Gasteiger partial charge < -0.3 is 15.0 Å². The Kier molecular flexibility index (Phi) is 8.46. The third-order valence-electron chi connectivity index (χ3n) is 5.78. The van der Waals surface area contributed by atoms with Crippen LogP contribution in [0, 0.1) is 0 Å². The molecule has 7 heteroatoms. The number of hydrogen-bond donors (Lipinski definition) is 1. The number of methoxy groups -OCH3 is 1. The van der Waals surface area contributed by atoms with E-state index in [1.165, 1.54) is 5.56 Å². The van der Waals surface area contributed by atoms with Crippen LogP contribution in [0.1, 0.15) is 24.8 Å². The topological polar surface area (TPSA) is 65.1 Å². The smallest absolute Gasteiger partial charge is 0.240 e. The molecule has 1 atom stereocenters. The highest BCUT2D eigenvalue weighted by Crippen LogP contribution is 2.22. The molecule has 3 rings (SSSR count). The number of carbonyl (C=O) groups excluding carboxylic acids is 2. The van der Waals surface area contributed by atoms with Crippen LogP contribution < -0.4 is 5.32 Å². The number of amides is 2. The molecule has 0 saturated carbocycles. The zero-order valence-corrected chi connectivity index (χ0v) is 17.5. The summed E-state index contributed by atoms with van der Waals surface area (Å²) in [5.74, 6) is 0.299. The fourth-order valence-corrected chi connectivity index (χ4v) is 4.15. The van der Waals surface area contributed by atoms with Crippen molar-refractivity contribution in [1.82, 2.24) is 20.0 Å². The predicted molar refractivity (Wildman–Crippen MR) is 112 cm³/mol. The van der Waals surface area contributed by atoms with E-state index in [0.717, 1.165) is 45.4 Å². The fourth-order valence-electron chi connectivity index (χ4n) is 4.15. The van der Waals surface area contributed by atoms with E-state index in [1.54, 1.807) is 7.11 Å². The normalized spacial score (nSPS) is 20.7. The quantitative estimate of drug-likeness (QED) is 0.623. The number of ether oxygens (including phenoxy) is 1. The molecule has 2 fully saturated rings. The largest absolute Gasteiger partial charge is 0.385 e. The van der Waals surface area contributed by atoms with E-state index >= 15 is 0 Å². The van der Waals surface area contributed by atoms with Crippen molar-refractivity contribution >= 4 is 11.8 Å². The van der Waals surface area contributed by atoms with Crippen LogP contribution in [0.15, 0.2) is 30.3 Å². The van der Waals surface area contributed by atoms with Crippen molar-refractivity contribution in [3.05, 3.63) is 35.9 Å². The number of nitrogens with zero attached hydrogens (tertiary/aromatic N) is 3. The minimum absolute atomic E-state index is 0.00848. The van der Waals surface area contributed by atoms with Crippen molar-refractivity contribution in [3.8, 4) is 0 Å². The Labute approximate surface area is 174 Å². The number of rotatable bonds is 9. The number of piperazine rings is 1. The first-order valence-electron chi connectivity index (χ1n) is 10.7. The van der Waals surface area contributed by atoms with Gasteiger partial charge in [-0.25, -0.2) is 0 Å². The molecule has 0 aromatic heterocycles. The molecule has 2 aliphatic heterocycles. The van der Waals surface area contributed by atoms with E-state index in [2.05, 4.69) is 39.4 Å². The zero-order chi connectivity index (χ0) is 20.5. The molecule has 2 saturated heterocycles. The number of likely N-dealkylation sites (tertiary alicyclic amines) is 1. The lowest BCUT2D eigenvalue weighted by Gasteiger charge is -2.37. The minimum Gasteiger partial charge on any atom is -0.385 e. The molecule has 0 aliphatic carbocycles. The van der Waals surface area contributed by atoms with Gasteiger partial charge >= 0.3 is 0 Å². The Bertz CT molecular complexity index is 647. The maximum Gasteiger partial charge on any atom is 0.240 e. The second kappa shape index (κ2) is 11.3. The second-order valence-electron chi connectivity index (χ2n) is 7.91. The van der Waals surface area contributed by atoms with Crippen molar-refractivity contribution in [2.45, 2.75) is 31.8 Å². The lowest BCUT2D eigenvalue weighted by molar-refractivity contribution is -0.138. The van der Waals surface area contributed by atoms with Crippen LogP contribution >= 0.6 is 0 Å². The molecule has 1 aromatic carbocycles. The van der Waals surface area contributed by atoms with Crippen LogP contribution in [-0.4, -0.2) is 92.1 Å².